The van der Waals surface area contributed by atoms with Gasteiger partial charge in [-0.3, -0.25) is 4.79 Å². The SMILES string of the molecule is NC(=S)C1(C(=O)N2CCCCc3ccccc32)CCCC1. The van der Waals surface area contributed by atoms with Gasteiger partial charge in [-0.2, -0.15) is 0 Å². The molecular weight excluding hydrogens is 280 g/mol. The molecule has 1 aliphatic heterocycles. The van der Waals surface area contributed by atoms with Crippen LogP contribution in [-0.2, 0) is 11.2 Å². The second-order valence-corrected chi connectivity index (χ2v) is 6.64. The molecule has 1 aliphatic carbocycles. The molecule has 1 saturated carbocycles. The number of carbonyl (C=O) groups is 1. The van der Waals surface area contributed by atoms with E-state index in [1.807, 2.05) is 17.0 Å². The Morgan fingerprint density at radius 3 is 2.57 bits per heavy atom. The van der Waals surface area contributed by atoms with Crippen LogP contribution in [-0.4, -0.2) is 17.4 Å². The van der Waals surface area contributed by atoms with Crippen LogP contribution < -0.4 is 10.6 Å². The van der Waals surface area contributed by atoms with Crippen LogP contribution in [0.15, 0.2) is 24.3 Å². The van der Waals surface area contributed by atoms with E-state index in [-0.39, 0.29) is 5.91 Å². The van der Waals surface area contributed by atoms with Gasteiger partial charge < -0.3 is 10.6 Å². The molecule has 1 heterocycles. The Hall–Kier alpha value is -1.42. The van der Waals surface area contributed by atoms with Crippen molar-refractivity contribution in [1.82, 2.24) is 0 Å². The van der Waals surface area contributed by atoms with Gasteiger partial charge in [0.25, 0.3) is 0 Å². The zero-order valence-corrected chi connectivity index (χ0v) is 13.1. The topological polar surface area (TPSA) is 46.3 Å². The predicted octanol–water partition coefficient (Wildman–Crippen LogP) is 3.20. The van der Waals surface area contributed by atoms with E-state index >= 15 is 0 Å². The van der Waals surface area contributed by atoms with E-state index in [4.69, 9.17) is 18.0 Å². The molecule has 1 fully saturated rings. The van der Waals surface area contributed by atoms with E-state index in [2.05, 4.69) is 12.1 Å². The molecule has 1 amide bonds. The van der Waals surface area contributed by atoms with Crippen LogP contribution in [0.1, 0.15) is 44.1 Å². The summed E-state index contributed by atoms with van der Waals surface area (Å²) < 4.78 is 0. The van der Waals surface area contributed by atoms with Crippen molar-refractivity contribution in [2.45, 2.75) is 44.9 Å². The molecule has 0 aromatic heterocycles. The lowest BCUT2D eigenvalue weighted by Crippen LogP contribution is -2.49. The third-order valence-electron chi connectivity index (χ3n) is 4.94. The van der Waals surface area contributed by atoms with Crippen molar-refractivity contribution in [3.05, 3.63) is 29.8 Å². The predicted molar refractivity (Wildman–Crippen MR) is 89.4 cm³/mol. The highest BCUT2D eigenvalue weighted by atomic mass is 32.1. The van der Waals surface area contributed by atoms with Crippen LogP contribution in [0.2, 0.25) is 0 Å². The highest BCUT2D eigenvalue weighted by Crippen LogP contribution is 2.42. The Morgan fingerprint density at radius 2 is 1.86 bits per heavy atom. The summed E-state index contributed by atoms with van der Waals surface area (Å²) >= 11 is 5.28. The average molecular weight is 302 g/mol. The third-order valence-corrected chi connectivity index (χ3v) is 5.33. The molecule has 2 aliphatic rings. The second-order valence-electron chi connectivity index (χ2n) is 6.20. The van der Waals surface area contributed by atoms with Crippen molar-refractivity contribution in [3.63, 3.8) is 0 Å². The number of carbonyl (C=O) groups excluding carboxylic acids is 1. The summed E-state index contributed by atoms with van der Waals surface area (Å²) in [6.07, 6.45) is 6.89. The largest absolute Gasteiger partial charge is 0.392 e. The van der Waals surface area contributed by atoms with Gasteiger partial charge in [0.2, 0.25) is 5.91 Å². The fourth-order valence-electron chi connectivity index (χ4n) is 3.70. The van der Waals surface area contributed by atoms with Crippen LogP contribution >= 0.6 is 12.2 Å². The standard InChI is InChI=1S/C17H22N2OS/c18-15(21)17(10-4-5-11-17)16(20)19-12-6-3-8-13-7-1-2-9-14(13)19/h1-2,7,9H,3-6,8,10-12H2,(H2,18,21). The van der Waals surface area contributed by atoms with E-state index in [0.29, 0.717) is 4.99 Å². The maximum absolute atomic E-state index is 13.2. The van der Waals surface area contributed by atoms with E-state index in [1.165, 1.54) is 5.56 Å². The first-order valence-corrected chi connectivity index (χ1v) is 8.26. The molecule has 0 atom stereocenters. The summed E-state index contributed by atoms with van der Waals surface area (Å²) in [5.74, 6) is 0.127. The number of para-hydroxylation sites is 1. The zero-order valence-electron chi connectivity index (χ0n) is 12.3. The number of anilines is 1. The van der Waals surface area contributed by atoms with E-state index in [9.17, 15) is 4.79 Å². The summed E-state index contributed by atoms with van der Waals surface area (Å²) in [5.41, 5.74) is 7.70. The van der Waals surface area contributed by atoms with Gasteiger partial charge in [-0.05, 0) is 43.7 Å². The molecule has 0 spiro atoms. The number of hydrogen-bond acceptors (Lipinski definition) is 2. The average Bonchev–Trinajstić information content (AvgIpc) is 2.89. The molecule has 1 aromatic rings. The Kier molecular flexibility index (Phi) is 3.98. The number of benzene rings is 1. The van der Waals surface area contributed by atoms with Crippen molar-refractivity contribution >= 4 is 28.8 Å². The second kappa shape index (κ2) is 5.76. The molecule has 0 radical (unpaired) electrons. The highest BCUT2D eigenvalue weighted by Gasteiger charge is 2.46. The van der Waals surface area contributed by atoms with Crippen LogP contribution in [0, 0.1) is 5.41 Å². The summed E-state index contributed by atoms with van der Waals surface area (Å²) in [6.45, 7) is 0.778. The summed E-state index contributed by atoms with van der Waals surface area (Å²) in [4.78, 5) is 15.6. The first-order valence-electron chi connectivity index (χ1n) is 7.85. The minimum Gasteiger partial charge on any atom is -0.392 e. The number of thiocarbonyl (C=S) groups is 1. The van der Waals surface area contributed by atoms with E-state index in [1.54, 1.807) is 0 Å². The van der Waals surface area contributed by atoms with Gasteiger partial charge in [0.05, 0.1) is 10.4 Å². The van der Waals surface area contributed by atoms with Gasteiger partial charge in [0.15, 0.2) is 0 Å². The molecule has 3 nitrogen and oxygen atoms in total. The third kappa shape index (κ3) is 2.46. The lowest BCUT2D eigenvalue weighted by atomic mass is 9.84. The molecule has 3 rings (SSSR count). The number of rotatable bonds is 2. The van der Waals surface area contributed by atoms with Crippen LogP contribution in [0.5, 0.6) is 0 Å². The quantitative estimate of drug-likeness (QED) is 0.853. The van der Waals surface area contributed by atoms with Crippen molar-refractivity contribution in [1.29, 1.82) is 0 Å². The highest BCUT2D eigenvalue weighted by molar-refractivity contribution is 7.80. The van der Waals surface area contributed by atoms with Crippen LogP contribution in [0.4, 0.5) is 5.69 Å². The molecular formula is C17H22N2OS. The van der Waals surface area contributed by atoms with Gasteiger partial charge in [0, 0.05) is 12.2 Å². The van der Waals surface area contributed by atoms with Crippen LogP contribution in [0.3, 0.4) is 0 Å². The number of aryl methyl sites for hydroxylation is 1. The molecule has 1 aromatic carbocycles. The summed E-state index contributed by atoms with van der Waals surface area (Å²) in [7, 11) is 0. The molecule has 2 N–H and O–H groups in total. The number of nitrogens with two attached hydrogens (primary N) is 1. The Morgan fingerprint density at radius 1 is 1.14 bits per heavy atom. The van der Waals surface area contributed by atoms with Gasteiger partial charge >= 0.3 is 0 Å². The lowest BCUT2D eigenvalue weighted by molar-refractivity contribution is -0.124. The maximum atomic E-state index is 13.2. The Labute approximate surface area is 131 Å². The van der Waals surface area contributed by atoms with Crippen LogP contribution in [0.25, 0.3) is 0 Å². The number of amides is 1. The van der Waals surface area contributed by atoms with Gasteiger partial charge in [0.1, 0.15) is 0 Å². The normalized spacial score (nSPS) is 20.7. The summed E-state index contributed by atoms with van der Waals surface area (Å²) in [6, 6.07) is 8.24. The lowest BCUT2D eigenvalue weighted by Gasteiger charge is -2.33. The monoisotopic (exact) mass is 302 g/mol. The number of nitrogens with zero attached hydrogens (tertiary/aromatic N) is 1. The molecule has 0 bridgehead atoms. The molecule has 21 heavy (non-hydrogen) atoms. The number of fused-ring (bicyclic) bond motifs is 1. The Balaban J connectivity index is 1.99. The fourth-order valence-corrected chi connectivity index (χ4v) is 4.00. The minimum absolute atomic E-state index is 0.127. The number of hydrogen-bond donors (Lipinski definition) is 1. The fraction of sp³-hybridized carbons (Fsp3) is 0.529. The summed E-state index contributed by atoms with van der Waals surface area (Å²) in [5, 5.41) is 0. The van der Waals surface area contributed by atoms with E-state index < -0.39 is 5.41 Å². The van der Waals surface area contributed by atoms with Gasteiger partial charge in [-0.25, -0.2) is 0 Å². The Bertz CT molecular complexity index is 564. The first kappa shape index (κ1) is 14.5. The smallest absolute Gasteiger partial charge is 0.240 e. The van der Waals surface area contributed by atoms with Crippen molar-refractivity contribution in [3.8, 4) is 0 Å². The molecule has 112 valence electrons. The van der Waals surface area contributed by atoms with Crippen molar-refractivity contribution in [2.24, 2.45) is 11.1 Å². The zero-order chi connectivity index (χ0) is 14.9. The minimum atomic E-state index is -0.604. The molecule has 4 heteroatoms. The van der Waals surface area contributed by atoms with Crippen molar-refractivity contribution < 1.29 is 4.79 Å². The van der Waals surface area contributed by atoms with Gasteiger partial charge in [-0.1, -0.05) is 43.3 Å². The first-order chi connectivity index (χ1) is 10.1. The molecule has 0 saturated heterocycles. The van der Waals surface area contributed by atoms with Gasteiger partial charge in [-0.15, -0.1) is 0 Å². The maximum Gasteiger partial charge on any atom is 0.240 e. The van der Waals surface area contributed by atoms with E-state index in [0.717, 1.165) is 57.2 Å². The molecule has 0 unspecified atom stereocenters. The van der Waals surface area contributed by atoms with Crippen molar-refractivity contribution in [2.75, 3.05) is 11.4 Å².